The third-order valence-corrected chi connectivity index (χ3v) is 4.71. The molecule has 3 aromatic rings. The molecule has 28 heavy (non-hydrogen) atoms. The van der Waals surface area contributed by atoms with E-state index in [9.17, 15) is 4.39 Å². The maximum absolute atomic E-state index is 13.4. The normalized spacial score (nSPS) is 12.1. The van der Waals surface area contributed by atoms with Gasteiger partial charge in [0.25, 0.3) is 0 Å². The third-order valence-electron chi connectivity index (χ3n) is 4.71. The highest BCUT2D eigenvalue weighted by atomic mass is 19.1. The van der Waals surface area contributed by atoms with Gasteiger partial charge in [-0.2, -0.15) is 0 Å². The highest BCUT2D eigenvalue weighted by Crippen LogP contribution is 2.29. The first kappa shape index (κ1) is 20.1. The lowest BCUT2D eigenvalue weighted by Gasteiger charge is -2.19. The molecule has 1 N–H and O–H groups in total. The van der Waals surface area contributed by atoms with Crippen molar-refractivity contribution >= 4 is 0 Å². The summed E-state index contributed by atoms with van der Waals surface area (Å²) in [5.74, 6) is 0.876. The van der Waals surface area contributed by atoms with E-state index in [0.29, 0.717) is 0 Å². The topological polar surface area (TPSA) is 21.3 Å². The van der Waals surface area contributed by atoms with Crippen molar-refractivity contribution in [2.45, 2.75) is 38.8 Å². The molecule has 0 bridgehead atoms. The number of nitrogens with one attached hydrogen (secondary N) is 1. The van der Waals surface area contributed by atoms with Crippen LogP contribution < -0.4 is 10.1 Å². The van der Waals surface area contributed by atoms with Gasteiger partial charge in [0.05, 0.1) is 6.10 Å². The minimum atomic E-state index is -0.203. The van der Waals surface area contributed by atoms with Crippen LogP contribution in [0.4, 0.5) is 4.39 Å². The maximum Gasteiger partial charge on any atom is 0.123 e. The molecule has 0 aliphatic heterocycles. The van der Waals surface area contributed by atoms with Crippen LogP contribution in [0, 0.1) is 5.82 Å². The molecule has 1 atom stereocenters. The lowest BCUT2D eigenvalue weighted by Crippen LogP contribution is -2.18. The summed E-state index contributed by atoms with van der Waals surface area (Å²) >= 11 is 0. The average molecular weight is 378 g/mol. The molecule has 146 valence electrons. The zero-order valence-corrected chi connectivity index (χ0v) is 16.6. The summed E-state index contributed by atoms with van der Waals surface area (Å²) in [5.41, 5.74) is 3.61. The molecule has 0 fully saturated rings. The van der Waals surface area contributed by atoms with Crippen LogP contribution in [0.1, 0.15) is 42.9 Å². The Bertz CT molecular complexity index is 829. The summed E-state index contributed by atoms with van der Waals surface area (Å²) in [5, 5.41) is 3.52. The first-order valence-electron chi connectivity index (χ1n) is 9.88. The van der Waals surface area contributed by atoms with Crippen LogP contribution >= 0.6 is 0 Å². The highest BCUT2D eigenvalue weighted by Gasteiger charge is 2.14. The van der Waals surface area contributed by atoms with Crippen LogP contribution in [0.3, 0.4) is 0 Å². The molecule has 0 aliphatic carbocycles. The summed E-state index contributed by atoms with van der Waals surface area (Å²) in [4.78, 5) is 0. The standard InChI is InChI=1S/C25H28FNO/c1-19(2)28-24-14-10-22(11-15-24)25(21-8-12-23(26)13-9-21)16-17-27-18-20-6-4-3-5-7-20/h3-15,19,25,27H,16-18H2,1-2H3/t25-/m1/s1. The number of ether oxygens (including phenoxy) is 1. The van der Waals surface area contributed by atoms with Crippen molar-refractivity contribution in [3.05, 3.63) is 101 Å². The predicted octanol–water partition coefficient (Wildman–Crippen LogP) is 5.92. The van der Waals surface area contributed by atoms with E-state index in [1.165, 1.54) is 23.3 Å². The predicted molar refractivity (Wildman–Crippen MR) is 113 cm³/mol. The lowest BCUT2D eigenvalue weighted by atomic mass is 9.88. The third kappa shape index (κ3) is 5.93. The molecule has 0 saturated heterocycles. The zero-order chi connectivity index (χ0) is 19.8. The van der Waals surface area contributed by atoms with Crippen LogP contribution in [-0.4, -0.2) is 12.6 Å². The van der Waals surface area contributed by atoms with E-state index in [1.807, 2.05) is 44.2 Å². The summed E-state index contributed by atoms with van der Waals surface area (Å²) in [6, 6.07) is 25.5. The van der Waals surface area contributed by atoms with E-state index in [0.717, 1.165) is 30.8 Å². The van der Waals surface area contributed by atoms with Gasteiger partial charge < -0.3 is 10.1 Å². The van der Waals surface area contributed by atoms with Gasteiger partial charge in [-0.3, -0.25) is 0 Å². The van der Waals surface area contributed by atoms with Crippen molar-refractivity contribution in [2.24, 2.45) is 0 Å². The largest absolute Gasteiger partial charge is 0.491 e. The monoisotopic (exact) mass is 377 g/mol. The fraction of sp³-hybridized carbons (Fsp3) is 0.280. The van der Waals surface area contributed by atoms with Gasteiger partial charge in [0.15, 0.2) is 0 Å². The number of benzene rings is 3. The van der Waals surface area contributed by atoms with Crippen LogP contribution in [-0.2, 0) is 6.54 Å². The minimum absolute atomic E-state index is 0.154. The summed E-state index contributed by atoms with van der Waals surface area (Å²) in [7, 11) is 0. The fourth-order valence-corrected chi connectivity index (χ4v) is 3.35. The molecule has 3 heteroatoms. The smallest absolute Gasteiger partial charge is 0.123 e. The Labute approximate surface area is 167 Å². The molecule has 3 aromatic carbocycles. The Morgan fingerprint density at radius 2 is 1.43 bits per heavy atom. The molecule has 0 amide bonds. The van der Waals surface area contributed by atoms with Crippen LogP contribution in [0.2, 0.25) is 0 Å². The molecule has 0 spiro atoms. The number of rotatable bonds is 9. The van der Waals surface area contributed by atoms with Crippen LogP contribution in [0.5, 0.6) is 5.75 Å². The molecule has 3 rings (SSSR count). The van der Waals surface area contributed by atoms with E-state index in [1.54, 1.807) is 0 Å². The first-order valence-corrected chi connectivity index (χ1v) is 9.88. The fourth-order valence-electron chi connectivity index (χ4n) is 3.35. The quantitative estimate of drug-likeness (QED) is 0.467. The Hall–Kier alpha value is -2.65. The molecule has 0 aromatic heterocycles. The maximum atomic E-state index is 13.4. The molecular weight excluding hydrogens is 349 g/mol. The van der Waals surface area contributed by atoms with E-state index in [2.05, 4.69) is 41.7 Å². The highest BCUT2D eigenvalue weighted by molar-refractivity contribution is 5.36. The van der Waals surface area contributed by atoms with Gasteiger partial charge in [0.2, 0.25) is 0 Å². The van der Waals surface area contributed by atoms with E-state index >= 15 is 0 Å². The second kappa shape index (κ2) is 10.0. The van der Waals surface area contributed by atoms with Crippen molar-refractivity contribution < 1.29 is 9.13 Å². The van der Waals surface area contributed by atoms with Crippen LogP contribution in [0.25, 0.3) is 0 Å². The number of hydrogen-bond donors (Lipinski definition) is 1. The summed E-state index contributed by atoms with van der Waals surface area (Å²) in [6.07, 6.45) is 1.09. The number of halogens is 1. The molecule has 0 radical (unpaired) electrons. The molecule has 2 nitrogen and oxygen atoms in total. The zero-order valence-electron chi connectivity index (χ0n) is 16.6. The van der Waals surface area contributed by atoms with E-state index < -0.39 is 0 Å². The van der Waals surface area contributed by atoms with Gasteiger partial charge in [0, 0.05) is 12.5 Å². The van der Waals surface area contributed by atoms with Gasteiger partial charge in [-0.15, -0.1) is 0 Å². The van der Waals surface area contributed by atoms with Gasteiger partial charge in [-0.1, -0.05) is 54.6 Å². The van der Waals surface area contributed by atoms with Gasteiger partial charge in [0.1, 0.15) is 11.6 Å². The Morgan fingerprint density at radius 1 is 0.821 bits per heavy atom. The van der Waals surface area contributed by atoms with Gasteiger partial charge >= 0.3 is 0 Å². The second-order valence-corrected chi connectivity index (χ2v) is 7.29. The first-order chi connectivity index (χ1) is 13.6. The molecule has 0 unspecified atom stereocenters. The summed E-state index contributed by atoms with van der Waals surface area (Å²) < 4.78 is 19.1. The molecule has 0 heterocycles. The Morgan fingerprint density at radius 3 is 2.04 bits per heavy atom. The Balaban J connectivity index is 1.69. The molecule has 0 aliphatic rings. The van der Waals surface area contributed by atoms with Crippen molar-refractivity contribution in [1.29, 1.82) is 0 Å². The molecular formula is C25H28FNO. The summed E-state index contributed by atoms with van der Waals surface area (Å²) in [6.45, 7) is 5.76. The van der Waals surface area contributed by atoms with Crippen molar-refractivity contribution in [1.82, 2.24) is 5.32 Å². The van der Waals surface area contributed by atoms with Gasteiger partial charge in [-0.05, 0) is 67.8 Å². The molecule has 0 saturated carbocycles. The Kier molecular flexibility index (Phi) is 7.21. The average Bonchev–Trinajstić information content (AvgIpc) is 2.70. The lowest BCUT2D eigenvalue weighted by molar-refractivity contribution is 0.242. The van der Waals surface area contributed by atoms with Crippen molar-refractivity contribution in [3.63, 3.8) is 0 Å². The van der Waals surface area contributed by atoms with Crippen molar-refractivity contribution in [2.75, 3.05) is 6.54 Å². The second-order valence-electron chi connectivity index (χ2n) is 7.29. The van der Waals surface area contributed by atoms with Crippen LogP contribution in [0.15, 0.2) is 78.9 Å². The number of hydrogen-bond acceptors (Lipinski definition) is 2. The van der Waals surface area contributed by atoms with Crippen molar-refractivity contribution in [3.8, 4) is 5.75 Å². The van der Waals surface area contributed by atoms with Gasteiger partial charge in [-0.25, -0.2) is 4.39 Å². The van der Waals surface area contributed by atoms with E-state index in [-0.39, 0.29) is 17.8 Å². The minimum Gasteiger partial charge on any atom is -0.491 e. The SMILES string of the molecule is CC(C)Oc1ccc([C@H](CCNCc2ccccc2)c2ccc(F)cc2)cc1. The van der Waals surface area contributed by atoms with E-state index in [4.69, 9.17) is 4.74 Å².